The number of rotatable bonds is 4. The molecule has 2 rings (SSSR count). The van der Waals surface area contributed by atoms with Crippen molar-refractivity contribution in [1.82, 2.24) is 19.6 Å². The molecule has 0 amide bonds. The molecule has 0 aliphatic heterocycles. The summed E-state index contributed by atoms with van der Waals surface area (Å²) in [6, 6.07) is 2.08. The Labute approximate surface area is 94.3 Å². The van der Waals surface area contributed by atoms with Crippen LogP contribution in [0.15, 0.2) is 18.5 Å². The molecule has 5 nitrogen and oxygen atoms in total. The van der Waals surface area contributed by atoms with Crippen LogP contribution in [-0.2, 0) is 26.6 Å². The quantitative estimate of drug-likeness (QED) is 0.826. The van der Waals surface area contributed by atoms with Gasteiger partial charge in [0.1, 0.15) is 0 Å². The van der Waals surface area contributed by atoms with E-state index in [0.717, 1.165) is 23.4 Å². The predicted octanol–water partition coefficient (Wildman–Crippen LogP) is 0.720. The van der Waals surface area contributed by atoms with Crippen molar-refractivity contribution in [2.24, 2.45) is 7.05 Å². The maximum Gasteiger partial charge on any atom is 0.0828 e. The summed E-state index contributed by atoms with van der Waals surface area (Å²) in [4.78, 5) is 0. The van der Waals surface area contributed by atoms with Gasteiger partial charge in [0.15, 0.2) is 0 Å². The third-order valence-electron chi connectivity index (χ3n) is 2.58. The van der Waals surface area contributed by atoms with Crippen LogP contribution < -0.4 is 0 Å². The third kappa shape index (κ3) is 2.14. The molecule has 0 aliphatic rings. The fourth-order valence-corrected chi connectivity index (χ4v) is 1.63. The van der Waals surface area contributed by atoms with E-state index < -0.39 is 0 Å². The van der Waals surface area contributed by atoms with E-state index in [0.29, 0.717) is 6.54 Å². The minimum absolute atomic E-state index is 0.0333. The first kappa shape index (κ1) is 10.9. The lowest BCUT2D eigenvalue weighted by molar-refractivity contribution is 0.281. The molecule has 0 atom stereocenters. The van der Waals surface area contributed by atoms with E-state index in [1.54, 1.807) is 6.20 Å². The number of aliphatic hydroxyl groups excluding tert-OH is 1. The molecule has 0 bridgehead atoms. The van der Waals surface area contributed by atoms with E-state index in [1.165, 1.54) is 0 Å². The summed E-state index contributed by atoms with van der Waals surface area (Å²) >= 11 is 0. The largest absolute Gasteiger partial charge is 0.392 e. The van der Waals surface area contributed by atoms with E-state index in [4.69, 9.17) is 5.11 Å². The lowest BCUT2D eigenvalue weighted by Gasteiger charge is -2.01. The number of hydrogen-bond donors (Lipinski definition) is 1. The van der Waals surface area contributed by atoms with Crippen molar-refractivity contribution in [3.8, 4) is 0 Å². The molecular weight excluding hydrogens is 204 g/mol. The number of nitrogens with zero attached hydrogens (tertiary/aromatic N) is 4. The van der Waals surface area contributed by atoms with Gasteiger partial charge >= 0.3 is 0 Å². The first-order valence-electron chi connectivity index (χ1n) is 5.37. The fourth-order valence-electron chi connectivity index (χ4n) is 1.63. The first-order chi connectivity index (χ1) is 7.72. The molecule has 0 aliphatic carbocycles. The molecule has 0 aromatic carbocycles. The van der Waals surface area contributed by atoms with Gasteiger partial charge in [-0.2, -0.15) is 10.2 Å². The van der Waals surface area contributed by atoms with Crippen LogP contribution in [0.2, 0.25) is 0 Å². The van der Waals surface area contributed by atoms with Crippen molar-refractivity contribution < 1.29 is 5.11 Å². The van der Waals surface area contributed by atoms with Crippen LogP contribution in [0.1, 0.15) is 23.9 Å². The Morgan fingerprint density at radius 3 is 2.81 bits per heavy atom. The Hall–Kier alpha value is -1.62. The zero-order valence-corrected chi connectivity index (χ0v) is 9.59. The number of aliphatic hydroxyl groups is 1. The molecule has 0 saturated heterocycles. The normalized spacial score (nSPS) is 10.9. The molecule has 0 spiro atoms. The molecule has 86 valence electrons. The summed E-state index contributed by atoms with van der Waals surface area (Å²) in [6.45, 7) is 2.80. The van der Waals surface area contributed by atoms with Crippen LogP contribution in [0, 0.1) is 0 Å². The number of aromatic nitrogens is 4. The first-order valence-corrected chi connectivity index (χ1v) is 5.37. The van der Waals surface area contributed by atoms with Crippen molar-refractivity contribution in [3.63, 3.8) is 0 Å². The van der Waals surface area contributed by atoms with Gasteiger partial charge in [-0.1, -0.05) is 6.92 Å². The Kier molecular flexibility index (Phi) is 3.05. The average Bonchev–Trinajstić information content (AvgIpc) is 2.87. The Balaban J connectivity index is 2.16. The summed E-state index contributed by atoms with van der Waals surface area (Å²) in [7, 11) is 1.94. The minimum Gasteiger partial charge on any atom is -0.392 e. The molecule has 1 N–H and O–H groups in total. The molecule has 2 aromatic heterocycles. The summed E-state index contributed by atoms with van der Waals surface area (Å²) in [5, 5.41) is 17.5. The van der Waals surface area contributed by atoms with Crippen molar-refractivity contribution in [3.05, 3.63) is 35.4 Å². The van der Waals surface area contributed by atoms with Crippen LogP contribution in [0.4, 0.5) is 0 Å². The fraction of sp³-hybridized carbons (Fsp3) is 0.455. The highest BCUT2D eigenvalue weighted by atomic mass is 16.3. The Morgan fingerprint density at radius 1 is 1.44 bits per heavy atom. The van der Waals surface area contributed by atoms with Crippen LogP contribution in [0.5, 0.6) is 0 Å². The van der Waals surface area contributed by atoms with Gasteiger partial charge in [0.05, 0.1) is 30.7 Å². The highest BCUT2D eigenvalue weighted by Crippen LogP contribution is 2.06. The molecule has 5 heteroatoms. The lowest BCUT2D eigenvalue weighted by Crippen LogP contribution is -2.05. The second kappa shape index (κ2) is 4.49. The zero-order chi connectivity index (χ0) is 11.5. The van der Waals surface area contributed by atoms with Gasteiger partial charge in [-0.3, -0.25) is 9.36 Å². The molecule has 2 aromatic rings. The molecule has 0 radical (unpaired) electrons. The van der Waals surface area contributed by atoms with Gasteiger partial charge in [0.2, 0.25) is 0 Å². The Morgan fingerprint density at radius 2 is 2.25 bits per heavy atom. The van der Waals surface area contributed by atoms with Crippen molar-refractivity contribution >= 4 is 0 Å². The maximum absolute atomic E-state index is 8.94. The van der Waals surface area contributed by atoms with Crippen LogP contribution in [-0.4, -0.2) is 24.7 Å². The summed E-state index contributed by atoms with van der Waals surface area (Å²) in [6.07, 6.45) is 4.46. The topological polar surface area (TPSA) is 55.9 Å². The van der Waals surface area contributed by atoms with Gasteiger partial charge in [0, 0.05) is 18.8 Å². The standard InChI is InChI=1S/C11H16N4O/c1-3-10-4-11(14(2)13-10)7-15-6-9(8-16)5-12-15/h4-6,16H,3,7-8H2,1-2H3. The molecular formula is C11H16N4O. The summed E-state index contributed by atoms with van der Waals surface area (Å²) in [5.74, 6) is 0. The highest BCUT2D eigenvalue weighted by molar-refractivity contribution is 5.11. The Bertz CT molecular complexity index is 472. The van der Waals surface area contributed by atoms with Gasteiger partial charge < -0.3 is 5.11 Å². The maximum atomic E-state index is 8.94. The second-order valence-corrected chi connectivity index (χ2v) is 3.81. The highest BCUT2D eigenvalue weighted by Gasteiger charge is 2.05. The molecule has 0 saturated carbocycles. The monoisotopic (exact) mass is 220 g/mol. The summed E-state index contributed by atoms with van der Waals surface area (Å²) in [5.41, 5.74) is 3.04. The molecule has 2 heterocycles. The van der Waals surface area contributed by atoms with Crippen molar-refractivity contribution in [1.29, 1.82) is 0 Å². The smallest absolute Gasteiger partial charge is 0.0828 e. The van der Waals surface area contributed by atoms with E-state index in [1.807, 2.05) is 22.6 Å². The summed E-state index contributed by atoms with van der Waals surface area (Å²) < 4.78 is 3.68. The average molecular weight is 220 g/mol. The third-order valence-corrected chi connectivity index (χ3v) is 2.58. The van der Waals surface area contributed by atoms with Gasteiger partial charge in [-0.05, 0) is 12.5 Å². The molecule has 0 unspecified atom stereocenters. The predicted molar refractivity (Wildman–Crippen MR) is 59.8 cm³/mol. The van der Waals surface area contributed by atoms with Crippen LogP contribution in [0.3, 0.4) is 0 Å². The van der Waals surface area contributed by atoms with Gasteiger partial charge in [-0.25, -0.2) is 0 Å². The zero-order valence-electron chi connectivity index (χ0n) is 9.59. The lowest BCUT2D eigenvalue weighted by atomic mass is 10.3. The SMILES string of the molecule is CCc1cc(Cn2cc(CO)cn2)n(C)n1. The van der Waals surface area contributed by atoms with E-state index >= 15 is 0 Å². The second-order valence-electron chi connectivity index (χ2n) is 3.81. The van der Waals surface area contributed by atoms with E-state index in [-0.39, 0.29) is 6.61 Å². The van der Waals surface area contributed by atoms with Gasteiger partial charge in [0.25, 0.3) is 0 Å². The number of hydrogen-bond acceptors (Lipinski definition) is 3. The van der Waals surface area contributed by atoms with Crippen molar-refractivity contribution in [2.75, 3.05) is 0 Å². The molecule has 0 fully saturated rings. The van der Waals surface area contributed by atoms with E-state index in [9.17, 15) is 0 Å². The van der Waals surface area contributed by atoms with Crippen molar-refractivity contribution in [2.45, 2.75) is 26.5 Å². The minimum atomic E-state index is 0.0333. The van der Waals surface area contributed by atoms with Crippen LogP contribution in [0.25, 0.3) is 0 Å². The van der Waals surface area contributed by atoms with Crippen LogP contribution >= 0.6 is 0 Å². The molecule has 16 heavy (non-hydrogen) atoms. The number of aryl methyl sites for hydroxylation is 2. The van der Waals surface area contributed by atoms with E-state index in [2.05, 4.69) is 23.2 Å². The van der Waals surface area contributed by atoms with Gasteiger partial charge in [-0.15, -0.1) is 0 Å².